The lowest BCUT2D eigenvalue weighted by Gasteiger charge is -2.06. The van der Waals surface area contributed by atoms with Gasteiger partial charge in [0, 0.05) is 18.6 Å². The first-order valence-electron chi connectivity index (χ1n) is 7.46. The summed E-state index contributed by atoms with van der Waals surface area (Å²) in [6.45, 7) is 2.48. The van der Waals surface area contributed by atoms with Crippen molar-refractivity contribution < 1.29 is 4.79 Å². The van der Waals surface area contributed by atoms with Gasteiger partial charge in [0.25, 0.3) is 0 Å². The van der Waals surface area contributed by atoms with Crippen molar-refractivity contribution in [1.29, 1.82) is 0 Å². The van der Waals surface area contributed by atoms with Gasteiger partial charge in [0.15, 0.2) is 0 Å². The Hall–Kier alpha value is -2.33. The van der Waals surface area contributed by atoms with Crippen LogP contribution >= 0.6 is 11.6 Å². The zero-order chi connectivity index (χ0) is 16.4. The third-order valence-electron chi connectivity index (χ3n) is 3.94. The molecule has 4 nitrogen and oxygen atoms in total. The van der Waals surface area contributed by atoms with Crippen LogP contribution in [0, 0.1) is 6.92 Å². The lowest BCUT2D eigenvalue weighted by atomic mass is 10.1. The van der Waals surface area contributed by atoms with Crippen LogP contribution in [0.1, 0.15) is 17.0 Å². The highest BCUT2D eigenvalue weighted by Crippen LogP contribution is 2.16. The molecule has 0 fully saturated rings. The minimum atomic E-state index is -0.00961. The van der Waals surface area contributed by atoms with Crippen molar-refractivity contribution in [2.75, 3.05) is 0 Å². The SMILES string of the molecule is Cc1nc2cc(CNC(=O)Cc3ccc(Cl)cc3)ccc2n1C. The highest BCUT2D eigenvalue weighted by atomic mass is 35.5. The Balaban J connectivity index is 1.63. The molecule has 23 heavy (non-hydrogen) atoms. The molecule has 0 radical (unpaired) electrons. The summed E-state index contributed by atoms with van der Waals surface area (Å²) in [7, 11) is 2.00. The van der Waals surface area contributed by atoms with E-state index in [4.69, 9.17) is 11.6 Å². The van der Waals surface area contributed by atoms with E-state index in [0.717, 1.165) is 28.0 Å². The molecular weight excluding hydrogens is 310 g/mol. The molecule has 0 atom stereocenters. The van der Waals surface area contributed by atoms with Crippen molar-refractivity contribution in [3.63, 3.8) is 0 Å². The maximum atomic E-state index is 12.0. The molecule has 1 amide bonds. The van der Waals surface area contributed by atoms with Gasteiger partial charge in [-0.25, -0.2) is 4.98 Å². The molecule has 1 aromatic heterocycles. The monoisotopic (exact) mass is 327 g/mol. The Morgan fingerprint density at radius 2 is 1.87 bits per heavy atom. The Morgan fingerprint density at radius 1 is 1.17 bits per heavy atom. The van der Waals surface area contributed by atoms with E-state index in [0.29, 0.717) is 18.0 Å². The van der Waals surface area contributed by atoms with Crippen molar-refractivity contribution in [3.8, 4) is 0 Å². The Labute approximate surface area is 140 Å². The van der Waals surface area contributed by atoms with Crippen molar-refractivity contribution in [3.05, 3.63) is 64.4 Å². The van der Waals surface area contributed by atoms with Gasteiger partial charge in [-0.3, -0.25) is 4.79 Å². The molecule has 118 valence electrons. The maximum Gasteiger partial charge on any atom is 0.224 e. The van der Waals surface area contributed by atoms with Crippen LogP contribution in [0.3, 0.4) is 0 Å². The highest BCUT2D eigenvalue weighted by molar-refractivity contribution is 6.30. The normalized spacial score (nSPS) is 10.9. The Bertz CT molecular complexity index is 853. The highest BCUT2D eigenvalue weighted by Gasteiger charge is 2.07. The number of nitrogens with one attached hydrogen (secondary N) is 1. The summed E-state index contributed by atoms with van der Waals surface area (Å²) in [5, 5.41) is 3.62. The summed E-state index contributed by atoms with van der Waals surface area (Å²) in [6.07, 6.45) is 0.349. The summed E-state index contributed by atoms with van der Waals surface area (Å²) in [5.74, 6) is 0.966. The average Bonchev–Trinajstić information content (AvgIpc) is 2.82. The van der Waals surface area contributed by atoms with Gasteiger partial charge in [0.2, 0.25) is 5.91 Å². The Morgan fingerprint density at radius 3 is 2.61 bits per heavy atom. The summed E-state index contributed by atoms with van der Waals surface area (Å²) in [5.41, 5.74) is 4.04. The molecule has 3 rings (SSSR count). The molecule has 0 spiro atoms. The predicted molar refractivity (Wildman–Crippen MR) is 92.5 cm³/mol. The molecule has 0 aliphatic rings. The van der Waals surface area contributed by atoms with E-state index in [-0.39, 0.29) is 5.91 Å². The largest absolute Gasteiger partial charge is 0.352 e. The van der Waals surface area contributed by atoms with Gasteiger partial charge >= 0.3 is 0 Å². The van der Waals surface area contributed by atoms with Crippen LogP contribution in [0.4, 0.5) is 0 Å². The summed E-state index contributed by atoms with van der Waals surface area (Å²) >= 11 is 5.84. The number of aryl methyl sites for hydroxylation is 2. The fourth-order valence-electron chi connectivity index (χ4n) is 2.53. The zero-order valence-corrected chi connectivity index (χ0v) is 13.9. The third-order valence-corrected chi connectivity index (χ3v) is 4.19. The van der Waals surface area contributed by atoms with E-state index < -0.39 is 0 Å². The minimum absolute atomic E-state index is 0.00961. The first kappa shape index (κ1) is 15.6. The van der Waals surface area contributed by atoms with Crippen molar-refractivity contribution in [2.24, 2.45) is 7.05 Å². The number of benzene rings is 2. The molecule has 0 bridgehead atoms. The summed E-state index contributed by atoms with van der Waals surface area (Å²) in [4.78, 5) is 16.5. The van der Waals surface area contributed by atoms with Crippen molar-refractivity contribution >= 4 is 28.5 Å². The molecule has 1 heterocycles. The predicted octanol–water partition coefficient (Wildman–Crippen LogP) is 3.39. The fraction of sp³-hybridized carbons (Fsp3) is 0.222. The molecule has 0 aliphatic heterocycles. The topological polar surface area (TPSA) is 46.9 Å². The number of rotatable bonds is 4. The van der Waals surface area contributed by atoms with Gasteiger partial charge in [0.05, 0.1) is 17.5 Å². The van der Waals surface area contributed by atoms with Gasteiger partial charge < -0.3 is 9.88 Å². The lowest BCUT2D eigenvalue weighted by Crippen LogP contribution is -2.24. The lowest BCUT2D eigenvalue weighted by molar-refractivity contribution is -0.120. The van der Waals surface area contributed by atoms with E-state index in [2.05, 4.69) is 14.9 Å². The van der Waals surface area contributed by atoms with E-state index >= 15 is 0 Å². The number of halogens is 1. The van der Waals surface area contributed by atoms with Gasteiger partial charge in [-0.05, 0) is 42.3 Å². The first-order chi connectivity index (χ1) is 11.0. The molecule has 1 N–H and O–H groups in total. The summed E-state index contributed by atoms with van der Waals surface area (Å²) in [6, 6.07) is 13.4. The number of fused-ring (bicyclic) bond motifs is 1. The second kappa shape index (κ2) is 6.42. The molecule has 2 aromatic carbocycles. The quantitative estimate of drug-likeness (QED) is 0.798. The number of imidazole rings is 1. The number of hydrogen-bond donors (Lipinski definition) is 1. The molecule has 0 saturated carbocycles. The van der Waals surface area contributed by atoms with Crippen LogP contribution in [0.5, 0.6) is 0 Å². The van der Waals surface area contributed by atoms with E-state index in [1.807, 2.05) is 44.3 Å². The number of carbonyl (C=O) groups excluding carboxylic acids is 1. The number of amides is 1. The van der Waals surface area contributed by atoms with Crippen LogP contribution in [0.15, 0.2) is 42.5 Å². The fourth-order valence-corrected chi connectivity index (χ4v) is 2.65. The van der Waals surface area contributed by atoms with Crippen LogP contribution in [-0.4, -0.2) is 15.5 Å². The van der Waals surface area contributed by atoms with Gasteiger partial charge in [0.1, 0.15) is 5.82 Å². The maximum absolute atomic E-state index is 12.0. The molecular formula is C18H18ClN3O. The molecule has 0 saturated heterocycles. The van der Waals surface area contributed by atoms with Gasteiger partial charge in [-0.15, -0.1) is 0 Å². The standard InChI is InChI=1S/C18H18ClN3O/c1-12-21-16-9-14(5-8-17(16)22(12)2)11-20-18(23)10-13-3-6-15(19)7-4-13/h3-9H,10-11H2,1-2H3,(H,20,23). The van der Waals surface area contributed by atoms with Crippen LogP contribution in [0.2, 0.25) is 5.02 Å². The summed E-state index contributed by atoms with van der Waals surface area (Å²) < 4.78 is 2.05. The number of hydrogen-bond acceptors (Lipinski definition) is 2. The smallest absolute Gasteiger partial charge is 0.224 e. The van der Waals surface area contributed by atoms with Crippen molar-refractivity contribution in [1.82, 2.24) is 14.9 Å². The van der Waals surface area contributed by atoms with Crippen LogP contribution in [-0.2, 0) is 24.8 Å². The first-order valence-corrected chi connectivity index (χ1v) is 7.84. The van der Waals surface area contributed by atoms with Gasteiger partial charge in [-0.2, -0.15) is 0 Å². The van der Waals surface area contributed by atoms with Crippen LogP contribution in [0.25, 0.3) is 11.0 Å². The molecule has 3 aromatic rings. The van der Waals surface area contributed by atoms with E-state index in [1.54, 1.807) is 12.1 Å². The van der Waals surface area contributed by atoms with Gasteiger partial charge in [-0.1, -0.05) is 29.8 Å². The zero-order valence-electron chi connectivity index (χ0n) is 13.1. The van der Waals surface area contributed by atoms with Crippen LogP contribution < -0.4 is 5.32 Å². The molecule has 5 heteroatoms. The second-order valence-corrected chi connectivity index (χ2v) is 6.06. The van der Waals surface area contributed by atoms with E-state index in [1.165, 1.54) is 0 Å². The number of carbonyl (C=O) groups is 1. The Kier molecular flexibility index (Phi) is 4.35. The third kappa shape index (κ3) is 3.54. The average molecular weight is 328 g/mol. The molecule has 0 aliphatic carbocycles. The number of aromatic nitrogens is 2. The minimum Gasteiger partial charge on any atom is -0.352 e. The van der Waals surface area contributed by atoms with Crippen molar-refractivity contribution in [2.45, 2.75) is 19.9 Å². The second-order valence-electron chi connectivity index (χ2n) is 5.62. The molecule has 0 unspecified atom stereocenters. The van der Waals surface area contributed by atoms with E-state index in [9.17, 15) is 4.79 Å². The number of nitrogens with zero attached hydrogens (tertiary/aromatic N) is 2.